The molecular formula is C17H17N5O2S. The molecule has 0 spiro atoms. The molecule has 0 radical (unpaired) electrons. The molecule has 2 aromatic heterocycles. The molecule has 128 valence electrons. The van der Waals surface area contributed by atoms with Gasteiger partial charge in [0.05, 0.1) is 11.3 Å². The lowest BCUT2D eigenvalue weighted by atomic mass is 10.2. The molecule has 1 N–H and O–H groups in total. The lowest BCUT2D eigenvalue weighted by Crippen LogP contribution is -2.14. The van der Waals surface area contributed by atoms with E-state index in [1.54, 1.807) is 18.5 Å². The minimum atomic E-state index is -0.135. The molecule has 0 unspecified atom stereocenters. The average Bonchev–Trinajstić information content (AvgIpc) is 3.10. The molecule has 0 saturated carbocycles. The van der Waals surface area contributed by atoms with Gasteiger partial charge in [-0.2, -0.15) is 0 Å². The fraction of sp³-hybridized carbons (Fsp3) is 0.176. The third-order valence-corrected chi connectivity index (χ3v) is 4.13. The zero-order valence-corrected chi connectivity index (χ0v) is 14.7. The lowest BCUT2D eigenvalue weighted by molar-refractivity contribution is -0.113. The van der Waals surface area contributed by atoms with Gasteiger partial charge in [-0.3, -0.25) is 9.78 Å². The van der Waals surface area contributed by atoms with Crippen LogP contribution >= 0.6 is 11.8 Å². The van der Waals surface area contributed by atoms with E-state index in [9.17, 15) is 4.79 Å². The quantitative estimate of drug-likeness (QED) is 0.681. The first-order valence-corrected chi connectivity index (χ1v) is 8.54. The second kappa shape index (κ2) is 7.80. The van der Waals surface area contributed by atoms with Crippen LogP contribution in [0.1, 0.15) is 0 Å². The standard InChI is InChI=1S/C17H17N5O2S/c1-22(2)14-7-5-13(6-8-14)19-15(23)11-25-17-21-20-16(24-17)12-4-3-9-18-10-12/h3-10H,11H2,1-2H3,(H,19,23). The number of benzene rings is 1. The number of carbonyl (C=O) groups is 1. The summed E-state index contributed by atoms with van der Waals surface area (Å²) in [6.45, 7) is 0. The number of aromatic nitrogens is 3. The Morgan fingerprint density at radius 2 is 2.00 bits per heavy atom. The molecule has 0 bridgehead atoms. The molecule has 0 fully saturated rings. The number of rotatable bonds is 6. The van der Waals surface area contributed by atoms with Gasteiger partial charge in [0.25, 0.3) is 5.22 Å². The molecule has 0 aliphatic rings. The van der Waals surface area contributed by atoms with Crippen LogP contribution in [-0.2, 0) is 4.79 Å². The normalized spacial score (nSPS) is 10.5. The molecule has 25 heavy (non-hydrogen) atoms. The molecule has 1 amide bonds. The van der Waals surface area contributed by atoms with Crippen molar-refractivity contribution in [2.24, 2.45) is 0 Å². The molecular weight excluding hydrogens is 338 g/mol. The van der Waals surface area contributed by atoms with Crippen molar-refractivity contribution in [1.29, 1.82) is 0 Å². The first-order valence-electron chi connectivity index (χ1n) is 7.56. The fourth-order valence-corrected chi connectivity index (χ4v) is 2.60. The van der Waals surface area contributed by atoms with Gasteiger partial charge in [-0.05, 0) is 36.4 Å². The average molecular weight is 355 g/mol. The predicted octanol–water partition coefficient (Wildman–Crippen LogP) is 2.93. The summed E-state index contributed by atoms with van der Waals surface area (Å²) in [4.78, 5) is 18.0. The summed E-state index contributed by atoms with van der Waals surface area (Å²) in [7, 11) is 3.93. The Morgan fingerprint density at radius 1 is 1.20 bits per heavy atom. The fourth-order valence-electron chi connectivity index (χ4n) is 2.04. The second-order valence-corrected chi connectivity index (χ2v) is 6.32. The van der Waals surface area contributed by atoms with Crippen molar-refractivity contribution < 1.29 is 9.21 Å². The Balaban J connectivity index is 1.53. The summed E-state index contributed by atoms with van der Waals surface area (Å²) in [6.07, 6.45) is 3.32. The first kappa shape index (κ1) is 17.0. The number of hydrogen-bond acceptors (Lipinski definition) is 7. The number of amides is 1. The van der Waals surface area contributed by atoms with E-state index in [4.69, 9.17) is 4.42 Å². The Morgan fingerprint density at radius 3 is 2.68 bits per heavy atom. The van der Waals surface area contributed by atoms with Crippen molar-refractivity contribution >= 4 is 29.0 Å². The Labute approximate surface area is 149 Å². The maximum Gasteiger partial charge on any atom is 0.277 e. The number of thioether (sulfide) groups is 1. The minimum Gasteiger partial charge on any atom is -0.411 e. The zero-order chi connectivity index (χ0) is 17.6. The van der Waals surface area contributed by atoms with Crippen molar-refractivity contribution in [3.05, 3.63) is 48.8 Å². The molecule has 3 aromatic rings. The molecule has 0 atom stereocenters. The molecule has 2 heterocycles. The van der Waals surface area contributed by atoms with E-state index in [-0.39, 0.29) is 11.7 Å². The number of nitrogens with zero attached hydrogens (tertiary/aromatic N) is 4. The topological polar surface area (TPSA) is 84.2 Å². The van der Waals surface area contributed by atoms with Crippen molar-refractivity contribution in [3.63, 3.8) is 0 Å². The third kappa shape index (κ3) is 4.57. The monoisotopic (exact) mass is 355 g/mol. The van der Waals surface area contributed by atoms with E-state index in [1.807, 2.05) is 49.3 Å². The van der Waals surface area contributed by atoms with E-state index in [0.29, 0.717) is 11.1 Å². The number of pyridine rings is 1. The Bertz CT molecular complexity index is 834. The van der Waals surface area contributed by atoms with Crippen LogP contribution in [0.25, 0.3) is 11.5 Å². The number of anilines is 2. The van der Waals surface area contributed by atoms with Gasteiger partial charge in [-0.15, -0.1) is 10.2 Å². The number of nitrogens with one attached hydrogen (secondary N) is 1. The number of carbonyl (C=O) groups excluding carboxylic acids is 1. The predicted molar refractivity (Wildman–Crippen MR) is 97.7 cm³/mol. The summed E-state index contributed by atoms with van der Waals surface area (Å²) in [5.41, 5.74) is 2.56. The van der Waals surface area contributed by atoms with Crippen molar-refractivity contribution in [1.82, 2.24) is 15.2 Å². The van der Waals surface area contributed by atoms with Gasteiger partial charge in [-0.1, -0.05) is 11.8 Å². The highest BCUT2D eigenvalue weighted by Gasteiger charge is 2.11. The van der Waals surface area contributed by atoms with Crippen LogP contribution in [0.5, 0.6) is 0 Å². The summed E-state index contributed by atoms with van der Waals surface area (Å²) >= 11 is 1.19. The molecule has 0 saturated heterocycles. The smallest absolute Gasteiger partial charge is 0.277 e. The molecule has 0 aliphatic heterocycles. The summed E-state index contributed by atoms with van der Waals surface area (Å²) < 4.78 is 5.53. The maximum absolute atomic E-state index is 12.0. The Kier molecular flexibility index (Phi) is 5.30. The van der Waals surface area contributed by atoms with Crippen molar-refractivity contribution in [3.8, 4) is 11.5 Å². The van der Waals surface area contributed by atoms with Crippen LogP contribution in [0.15, 0.2) is 58.4 Å². The van der Waals surface area contributed by atoms with Crippen molar-refractivity contribution in [2.45, 2.75) is 5.22 Å². The van der Waals surface area contributed by atoms with Crippen LogP contribution in [-0.4, -0.2) is 40.9 Å². The second-order valence-electron chi connectivity index (χ2n) is 5.39. The van der Waals surface area contributed by atoms with Crippen LogP contribution in [0.2, 0.25) is 0 Å². The highest BCUT2D eigenvalue weighted by Crippen LogP contribution is 2.22. The third-order valence-electron chi connectivity index (χ3n) is 3.31. The molecule has 1 aromatic carbocycles. The summed E-state index contributed by atoms with van der Waals surface area (Å²) in [5, 5.41) is 11.1. The van der Waals surface area contributed by atoms with Crippen LogP contribution < -0.4 is 10.2 Å². The van der Waals surface area contributed by atoms with Gasteiger partial charge in [0.2, 0.25) is 11.8 Å². The Hall–Kier alpha value is -2.87. The van der Waals surface area contributed by atoms with E-state index in [0.717, 1.165) is 16.9 Å². The van der Waals surface area contributed by atoms with Gasteiger partial charge in [0, 0.05) is 37.9 Å². The lowest BCUT2D eigenvalue weighted by Gasteiger charge is -2.12. The molecule has 3 rings (SSSR count). The summed E-state index contributed by atoms with van der Waals surface area (Å²) in [5.74, 6) is 0.434. The van der Waals surface area contributed by atoms with Gasteiger partial charge < -0.3 is 14.6 Å². The van der Waals surface area contributed by atoms with E-state index < -0.39 is 0 Å². The SMILES string of the molecule is CN(C)c1ccc(NC(=O)CSc2nnc(-c3cccnc3)o2)cc1. The van der Waals surface area contributed by atoms with Crippen LogP contribution in [0, 0.1) is 0 Å². The zero-order valence-electron chi connectivity index (χ0n) is 13.8. The van der Waals surface area contributed by atoms with Crippen molar-refractivity contribution in [2.75, 3.05) is 30.1 Å². The maximum atomic E-state index is 12.0. The van der Waals surface area contributed by atoms with Gasteiger partial charge >= 0.3 is 0 Å². The van der Waals surface area contributed by atoms with Crippen LogP contribution in [0.4, 0.5) is 11.4 Å². The van der Waals surface area contributed by atoms with E-state index >= 15 is 0 Å². The molecule has 0 aliphatic carbocycles. The minimum absolute atomic E-state index is 0.135. The van der Waals surface area contributed by atoms with E-state index in [1.165, 1.54) is 11.8 Å². The number of hydrogen-bond donors (Lipinski definition) is 1. The highest BCUT2D eigenvalue weighted by molar-refractivity contribution is 7.99. The van der Waals surface area contributed by atoms with Gasteiger partial charge in [0.15, 0.2) is 0 Å². The van der Waals surface area contributed by atoms with E-state index in [2.05, 4.69) is 20.5 Å². The van der Waals surface area contributed by atoms with Crippen LogP contribution in [0.3, 0.4) is 0 Å². The summed E-state index contributed by atoms with van der Waals surface area (Å²) in [6, 6.07) is 11.2. The largest absolute Gasteiger partial charge is 0.411 e. The molecule has 8 heteroatoms. The highest BCUT2D eigenvalue weighted by atomic mass is 32.2. The van der Waals surface area contributed by atoms with Gasteiger partial charge in [-0.25, -0.2) is 0 Å². The first-order chi connectivity index (χ1) is 12.1. The van der Waals surface area contributed by atoms with Gasteiger partial charge in [0.1, 0.15) is 0 Å². The molecule has 7 nitrogen and oxygen atoms in total.